The molecule has 0 amide bonds. The molecule has 0 radical (unpaired) electrons. The van der Waals surface area contributed by atoms with Crippen LogP contribution >= 0.6 is 0 Å². The van der Waals surface area contributed by atoms with Gasteiger partial charge in [-0.3, -0.25) is 14.4 Å². The Morgan fingerprint density at radius 2 is 0.480 bits per heavy atom. The number of carbonyl (C=O) groups is 3. The third-order valence-electron chi connectivity index (χ3n) is 15.5. The van der Waals surface area contributed by atoms with E-state index in [0.717, 1.165) is 77.0 Å². The summed E-state index contributed by atoms with van der Waals surface area (Å²) in [6.45, 7) is 6.65. The highest BCUT2D eigenvalue weighted by atomic mass is 16.6. The molecule has 0 spiro atoms. The Labute approximate surface area is 468 Å². The molecule has 442 valence electrons. The molecule has 0 rings (SSSR count). The number of ether oxygens (including phenoxy) is 3. The molecule has 1 unspecified atom stereocenters. The van der Waals surface area contributed by atoms with Crippen molar-refractivity contribution in [2.24, 2.45) is 0 Å². The topological polar surface area (TPSA) is 78.9 Å². The zero-order chi connectivity index (χ0) is 54.3. The van der Waals surface area contributed by atoms with Crippen LogP contribution in [0.2, 0.25) is 0 Å². The van der Waals surface area contributed by atoms with E-state index < -0.39 is 6.10 Å². The maximum Gasteiger partial charge on any atom is 0.306 e. The van der Waals surface area contributed by atoms with Gasteiger partial charge < -0.3 is 14.2 Å². The minimum Gasteiger partial charge on any atom is -0.462 e. The standard InChI is InChI=1S/C69H130O6/c1-4-7-10-13-16-19-22-24-26-27-28-29-30-31-32-33-34-35-36-37-38-39-40-41-42-44-45-47-50-53-56-59-62-68(71)74-65-66(64-73-67(70)61-58-55-52-49-21-18-15-12-9-6-3)75-69(72)63-60-57-54-51-48-46-43-25-23-20-17-14-11-8-5-2/h17,20,25,43,66H,4-16,18-19,21-24,26-42,44-65H2,1-3H3/b20-17-,43-25-. The van der Waals surface area contributed by atoms with E-state index in [-0.39, 0.29) is 31.1 Å². The first-order chi connectivity index (χ1) is 37.0. The van der Waals surface area contributed by atoms with E-state index >= 15 is 0 Å². The summed E-state index contributed by atoms with van der Waals surface area (Å²) in [4.78, 5) is 38.2. The molecule has 0 aliphatic carbocycles. The van der Waals surface area contributed by atoms with Gasteiger partial charge in [0.25, 0.3) is 0 Å². The Kier molecular flexibility index (Phi) is 62.6. The highest BCUT2D eigenvalue weighted by Crippen LogP contribution is 2.19. The molecule has 0 saturated heterocycles. The summed E-state index contributed by atoms with van der Waals surface area (Å²) in [6.07, 6.45) is 78.0. The van der Waals surface area contributed by atoms with Gasteiger partial charge in [0, 0.05) is 19.3 Å². The molecule has 1 atom stereocenters. The minimum absolute atomic E-state index is 0.0715. The van der Waals surface area contributed by atoms with Crippen molar-refractivity contribution in [3.63, 3.8) is 0 Å². The fourth-order valence-corrected chi connectivity index (χ4v) is 10.4. The Bertz CT molecular complexity index is 1210. The number of esters is 3. The number of hydrogen-bond acceptors (Lipinski definition) is 6. The lowest BCUT2D eigenvalue weighted by Gasteiger charge is -2.18. The van der Waals surface area contributed by atoms with Crippen LogP contribution in [0.5, 0.6) is 0 Å². The zero-order valence-corrected chi connectivity index (χ0v) is 50.8. The van der Waals surface area contributed by atoms with E-state index in [0.29, 0.717) is 19.3 Å². The van der Waals surface area contributed by atoms with Crippen molar-refractivity contribution in [2.45, 2.75) is 386 Å². The van der Waals surface area contributed by atoms with Gasteiger partial charge in [0.2, 0.25) is 0 Å². The Hall–Kier alpha value is -2.11. The van der Waals surface area contributed by atoms with Crippen LogP contribution in [-0.2, 0) is 28.6 Å². The molecule has 0 aromatic rings. The van der Waals surface area contributed by atoms with Gasteiger partial charge in [0.15, 0.2) is 6.10 Å². The van der Waals surface area contributed by atoms with Crippen LogP contribution in [0.4, 0.5) is 0 Å². The van der Waals surface area contributed by atoms with Crippen molar-refractivity contribution in [2.75, 3.05) is 13.2 Å². The lowest BCUT2D eigenvalue weighted by atomic mass is 10.0. The predicted octanol–water partition coefficient (Wildman–Crippen LogP) is 23.0. The maximum atomic E-state index is 12.9. The molecular formula is C69H130O6. The quantitative estimate of drug-likeness (QED) is 0.0261. The second-order valence-corrected chi connectivity index (χ2v) is 23.1. The Morgan fingerprint density at radius 3 is 0.760 bits per heavy atom. The lowest BCUT2D eigenvalue weighted by molar-refractivity contribution is -0.167. The van der Waals surface area contributed by atoms with E-state index in [9.17, 15) is 14.4 Å². The molecule has 75 heavy (non-hydrogen) atoms. The molecule has 0 bridgehead atoms. The van der Waals surface area contributed by atoms with Crippen LogP contribution in [0.25, 0.3) is 0 Å². The minimum atomic E-state index is -0.774. The van der Waals surface area contributed by atoms with Gasteiger partial charge in [-0.1, -0.05) is 334 Å². The van der Waals surface area contributed by atoms with E-state index in [1.54, 1.807) is 0 Å². The first-order valence-electron chi connectivity index (χ1n) is 33.8. The average molecular weight is 1060 g/mol. The fraction of sp³-hybridized carbons (Fsp3) is 0.899. The number of rotatable bonds is 63. The largest absolute Gasteiger partial charge is 0.462 e. The van der Waals surface area contributed by atoms with Crippen LogP contribution in [0.15, 0.2) is 24.3 Å². The number of carbonyl (C=O) groups excluding carboxylic acids is 3. The molecule has 0 aromatic heterocycles. The van der Waals surface area contributed by atoms with Gasteiger partial charge in [-0.15, -0.1) is 0 Å². The molecule has 0 aliphatic heterocycles. The number of hydrogen-bond donors (Lipinski definition) is 0. The van der Waals surface area contributed by atoms with E-state index in [1.807, 2.05) is 0 Å². The normalized spacial score (nSPS) is 12.1. The number of allylic oxidation sites excluding steroid dienone is 4. The average Bonchev–Trinajstić information content (AvgIpc) is 3.41. The second kappa shape index (κ2) is 64.4. The second-order valence-electron chi connectivity index (χ2n) is 23.1. The highest BCUT2D eigenvalue weighted by molar-refractivity contribution is 5.71. The van der Waals surface area contributed by atoms with Gasteiger partial charge in [-0.25, -0.2) is 0 Å². The van der Waals surface area contributed by atoms with Crippen LogP contribution < -0.4 is 0 Å². The predicted molar refractivity (Wildman–Crippen MR) is 326 cm³/mol. The fourth-order valence-electron chi connectivity index (χ4n) is 10.4. The molecule has 0 aromatic carbocycles. The van der Waals surface area contributed by atoms with Gasteiger partial charge in [-0.05, 0) is 51.4 Å². The van der Waals surface area contributed by atoms with Gasteiger partial charge >= 0.3 is 17.9 Å². The smallest absolute Gasteiger partial charge is 0.306 e. The molecule has 0 N–H and O–H groups in total. The zero-order valence-electron chi connectivity index (χ0n) is 50.8. The third-order valence-corrected chi connectivity index (χ3v) is 15.5. The van der Waals surface area contributed by atoms with Gasteiger partial charge in [0.05, 0.1) is 0 Å². The molecule has 0 fully saturated rings. The summed E-state index contributed by atoms with van der Waals surface area (Å²) in [5.41, 5.74) is 0. The van der Waals surface area contributed by atoms with Crippen molar-refractivity contribution in [3.05, 3.63) is 24.3 Å². The molecular weight excluding hydrogens is 925 g/mol. The van der Waals surface area contributed by atoms with Gasteiger partial charge in [0.1, 0.15) is 13.2 Å². The van der Waals surface area contributed by atoms with Crippen molar-refractivity contribution in [1.29, 1.82) is 0 Å². The van der Waals surface area contributed by atoms with Crippen molar-refractivity contribution < 1.29 is 28.6 Å². The van der Waals surface area contributed by atoms with Crippen LogP contribution in [-0.4, -0.2) is 37.2 Å². The van der Waals surface area contributed by atoms with E-state index in [4.69, 9.17) is 14.2 Å². The molecule has 0 heterocycles. The van der Waals surface area contributed by atoms with Gasteiger partial charge in [-0.2, -0.15) is 0 Å². The van der Waals surface area contributed by atoms with Crippen molar-refractivity contribution in [3.8, 4) is 0 Å². The summed E-state index contributed by atoms with van der Waals surface area (Å²) < 4.78 is 16.9. The SMILES string of the molecule is CCCCC/C=C\C/C=C\CCCCCCCC(=O)OC(COC(=O)CCCCCCCCCCCC)COC(=O)CCCCCCCCCCCCCCCCCCCCCCCCCCCCCCCCCC. The summed E-state index contributed by atoms with van der Waals surface area (Å²) in [6, 6.07) is 0. The first-order valence-corrected chi connectivity index (χ1v) is 33.8. The number of unbranched alkanes of at least 4 members (excludes halogenated alkanes) is 48. The maximum absolute atomic E-state index is 12.9. The van der Waals surface area contributed by atoms with Crippen LogP contribution in [0.3, 0.4) is 0 Å². The summed E-state index contributed by atoms with van der Waals surface area (Å²) in [5.74, 6) is -0.863. The monoisotopic (exact) mass is 1050 g/mol. The third kappa shape index (κ3) is 62.6. The van der Waals surface area contributed by atoms with Crippen molar-refractivity contribution >= 4 is 17.9 Å². The molecule has 0 aliphatic rings. The summed E-state index contributed by atoms with van der Waals surface area (Å²) >= 11 is 0. The summed E-state index contributed by atoms with van der Waals surface area (Å²) in [7, 11) is 0. The van der Waals surface area contributed by atoms with Crippen LogP contribution in [0.1, 0.15) is 380 Å². The molecule has 0 saturated carbocycles. The van der Waals surface area contributed by atoms with Crippen LogP contribution in [0, 0.1) is 0 Å². The Balaban J connectivity index is 4.02. The van der Waals surface area contributed by atoms with Crippen molar-refractivity contribution in [1.82, 2.24) is 0 Å². The molecule has 6 nitrogen and oxygen atoms in total. The first kappa shape index (κ1) is 72.9. The summed E-state index contributed by atoms with van der Waals surface area (Å²) in [5, 5.41) is 0. The lowest BCUT2D eigenvalue weighted by Crippen LogP contribution is -2.30. The van der Waals surface area contributed by atoms with E-state index in [1.165, 1.54) is 263 Å². The molecule has 6 heteroatoms. The Morgan fingerprint density at radius 1 is 0.267 bits per heavy atom. The van der Waals surface area contributed by atoms with E-state index in [2.05, 4.69) is 45.1 Å². The highest BCUT2D eigenvalue weighted by Gasteiger charge is 2.19.